The summed E-state index contributed by atoms with van der Waals surface area (Å²) in [6.07, 6.45) is 6.46. The molecule has 0 bridgehead atoms. The number of rotatable bonds is 5. The molecule has 148 valence electrons. The van der Waals surface area contributed by atoms with Gasteiger partial charge in [-0.1, -0.05) is 49.7 Å². The number of benzene rings is 3. The quantitative estimate of drug-likeness (QED) is 0.458. The van der Waals surface area contributed by atoms with Gasteiger partial charge in [-0.3, -0.25) is 4.79 Å². The number of phenols is 1. The van der Waals surface area contributed by atoms with Gasteiger partial charge in [-0.15, -0.1) is 0 Å². The van der Waals surface area contributed by atoms with E-state index in [1.807, 2.05) is 24.3 Å². The molecule has 1 amide bonds. The van der Waals surface area contributed by atoms with Crippen LogP contribution in [0.1, 0.15) is 59.7 Å². The number of nitrogens with one attached hydrogen (secondary N) is 1. The summed E-state index contributed by atoms with van der Waals surface area (Å²) < 4.78 is 0. The largest absolute Gasteiger partial charge is 0.507 e. The Morgan fingerprint density at radius 1 is 1.00 bits per heavy atom. The highest BCUT2D eigenvalue weighted by Crippen LogP contribution is 2.25. The molecule has 1 aliphatic carbocycles. The van der Waals surface area contributed by atoms with Crippen molar-refractivity contribution < 1.29 is 9.90 Å². The zero-order valence-electron chi connectivity index (χ0n) is 16.7. The molecule has 4 heteroatoms. The molecule has 0 heterocycles. The zero-order valence-corrected chi connectivity index (χ0v) is 16.7. The van der Waals surface area contributed by atoms with E-state index in [0.717, 1.165) is 47.7 Å². The Balaban J connectivity index is 1.60. The van der Waals surface area contributed by atoms with E-state index in [-0.39, 0.29) is 11.3 Å². The fourth-order valence-electron chi connectivity index (χ4n) is 4.00. The van der Waals surface area contributed by atoms with Crippen molar-refractivity contribution in [3.63, 3.8) is 0 Å². The van der Waals surface area contributed by atoms with Crippen molar-refractivity contribution in [2.45, 2.75) is 45.4 Å². The van der Waals surface area contributed by atoms with Crippen molar-refractivity contribution in [3.8, 4) is 5.75 Å². The number of aromatic hydroxyl groups is 1. The van der Waals surface area contributed by atoms with Gasteiger partial charge < -0.3 is 5.11 Å². The summed E-state index contributed by atoms with van der Waals surface area (Å²) in [6, 6.07) is 17.5. The van der Waals surface area contributed by atoms with Crippen LogP contribution in [0.4, 0.5) is 0 Å². The third-order valence-electron chi connectivity index (χ3n) is 5.57. The summed E-state index contributed by atoms with van der Waals surface area (Å²) in [4.78, 5) is 12.7. The van der Waals surface area contributed by atoms with Crippen LogP contribution in [0.15, 0.2) is 59.7 Å². The predicted octanol–water partition coefficient (Wildman–Crippen LogP) is 5.36. The van der Waals surface area contributed by atoms with E-state index in [4.69, 9.17) is 0 Å². The fourth-order valence-corrected chi connectivity index (χ4v) is 4.00. The Morgan fingerprint density at radius 2 is 1.72 bits per heavy atom. The number of aryl methyl sites for hydroxylation is 2. The van der Waals surface area contributed by atoms with Crippen LogP contribution in [0.5, 0.6) is 5.75 Å². The molecule has 0 aromatic heterocycles. The highest BCUT2D eigenvalue weighted by molar-refractivity contribution is 6.04. The average Bonchev–Trinajstić information content (AvgIpc) is 2.75. The standard InChI is InChI=1S/C25H26N2O2/c1-2-7-23(21-13-12-17-8-3-4-9-18(17)14-21)26-27-25(29)22-15-19-10-5-6-11-20(19)16-24(22)28/h5-6,10-16,28H,2-4,7-9H2,1H3,(H,27,29)/b26-23+. The summed E-state index contributed by atoms with van der Waals surface area (Å²) in [6.45, 7) is 2.10. The van der Waals surface area contributed by atoms with E-state index in [1.54, 1.807) is 12.1 Å². The SMILES string of the molecule is CCC/C(=N\NC(=O)c1cc2ccccc2cc1O)c1ccc2c(c1)CCCC2. The molecule has 0 spiro atoms. The summed E-state index contributed by atoms with van der Waals surface area (Å²) in [7, 11) is 0. The van der Waals surface area contributed by atoms with E-state index in [2.05, 4.69) is 35.7 Å². The first-order chi connectivity index (χ1) is 14.2. The Hall–Kier alpha value is -3.14. The maximum absolute atomic E-state index is 12.7. The maximum atomic E-state index is 12.7. The van der Waals surface area contributed by atoms with Crippen LogP contribution in [0.3, 0.4) is 0 Å². The van der Waals surface area contributed by atoms with Gasteiger partial charge >= 0.3 is 0 Å². The lowest BCUT2D eigenvalue weighted by Crippen LogP contribution is -2.20. The number of carbonyl (C=O) groups is 1. The van der Waals surface area contributed by atoms with Gasteiger partial charge in [0.1, 0.15) is 5.75 Å². The smallest absolute Gasteiger partial charge is 0.275 e. The van der Waals surface area contributed by atoms with Crippen molar-refractivity contribution in [1.82, 2.24) is 5.43 Å². The molecule has 0 radical (unpaired) electrons. The Morgan fingerprint density at radius 3 is 2.48 bits per heavy atom. The van der Waals surface area contributed by atoms with Crippen LogP contribution >= 0.6 is 0 Å². The lowest BCUT2D eigenvalue weighted by molar-refractivity contribution is 0.0952. The first-order valence-corrected chi connectivity index (χ1v) is 10.4. The minimum atomic E-state index is -0.403. The molecule has 0 atom stereocenters. The van der Waals surface area contributed by atoms with Gasteiger partial charge in [0.05, 0.1) is 11.3 Å². The summed E-state index contributed by atoms with van der Waals surface area (Å²) >= 11 is 0. The molecule has 1 aliphatic rings. The number of hydrogen-bond donors (Lipinski definition) is 2. The summed E-state index contributed by atoms with van der Waals surface area (Å²) in [5, 5.41) is 16.5. The van der Waals surface area contributed by atoms with Crippen molar-refractivity contribution in [2.24, 2.45) is 5.10 Å². The van der Waals surface area contributed by atoms with E-state index >= 15 is 0 Å². The molecule has 2 N–H and O–H groups in total. The van der Waals surface area contributed by atoms with Crippen LogP contribution < -0.4 is 5.43 Å². The molecule has 0 fully saturated rings. The molecular weight excluding hydrogens is 360 g/mol. The average molecular weight is 386 g/mol. The molecule has 0 unspecified atom stereocenters. The number of hydrogen-bond acceptors (Lipinski definition) is 3. The number of amides is 1. The van der Waals surface area contributed by atoms with E-state index in [9.17, 15) is 9.90 Å². The third kappa shape index (κ3) is 4.16. The molecule has 0 aliphatic heterocycles. The fraction of sp³-hybridized carbons (Fsp3) is 0.280. The van der Waals surface area contributed by atoms with Gasteiger partial charge in [0.2, 0.25) is 0 Å². The summed E-state index contributed by atoms with van der Waals surface area (Å²) in [5.41, 5.74) is 7.65. The number of phenolic OH excluding ortho intramolecular Hbond substituents is 1. The van der Waals surface area contributed by atoms with Crippen molar-refractivity contribution >= 4 is 22.4 Å². The van der Waals surface area contributed by atoms with Gasteiger partial charge in [0.15, 0.2) is 0 Å². The highest BCUT2D eigenvalue weighted by Gasteiger charge is 2.14. The monoisotopic (exact) mass is 386 g/mol. The third-order valence-corrected chi connectivity index (χ3v) is 5.57. The van der Waals surface area contributed by atoms with Crippen LogP contribution in [-0.2, 0) is 12.8 Å². The maximum Gasteiger partial charge on any atom is 0.275 e. The molecule has 3 aromatic carbocycles. The second kappa shape index (κ2) is 8.48. The normalized spacial score (nSPS) is 13.9. The van der Waals surface area contributed by atoms with Crippen molar-refractivity contribution in [1.29, 1.82) is 0 Å². The van der Waals surface area contributed by atoms with Crippen molar-refractivity contribution in [3.05, 3.63) is 76.9 Å². The van der Waals surface area contributed by atoms with Gasteiger partial charge in [-0.2, -0.15) is 5.10 Å². The topological polar surface area (TPSA) is 61.7 Å². The predicted molar refractivity (Wildman–Crippen MR) is 118 cm³/mol. The second-order valence-electron chi connectivity index (χ2n) is 7.66. The van der Waals surface area contributed by atoms with E-state index in [1.165, 1.54) is 24.0 Å². The van der Waals surface area contributed by atoms with Gasteiger partial charge in [-0.25, -0.2) is 5.43 Å². The first-order valence-electron chi connectivity index (χ1n) is 10.4. The Kier molecular flexibility index (Phi) is 5.61. The Bertz CT molecular complexity index is 1090. The molecule has 4 nitrogen and oxygen atoms in total. The van der Waals surface area contributed by atoms with Crippen molar-refractivity contribution in [2.75, 3.05) is 0 Å². The molecule has 0 saturated carbocycles. The first kappa shape index (κ1) is 19.2. The van der Waals surface area contributed by atoms with Gasteiger partial charge in [0.25, 0.3) is 5.91 Å². The lowest BCUT2D eigenvalue weighted by atomic mass is 9.89. The highest BCUT2D eigenvalue weighted by atomic mass is 16.3. The number of fused-ring (bicyclic) bond motifs is 2. The molecule has 3 aromatic rings. The van der Waals surface area contributed by atoms with Crippen LogP contribution in [0, 0.1) is 0 Å². The van der Waals surface area contributed by atoms with Gasteiger partial charge in [0, 0.05) is 0 Å². The van der Waals surface area contributed by atoms with Gasteiger partial charge in [-0.05, 0) is 77.8 Å². The minimum absolute atomic E-state index is 0.0396. The number of nitrogens with zero attached hydrogens (tertiary/aromatic N) is 1. The number of hydrazone groups is 1. The lowest BCUT2D eigenvalue weighted by Gasteiger charge is -2.17. The molecule has 4 rings (SSSR count). The summed E-state index contributed by atoms with van der Waals surface area (Å²) in [5.74, 6) is -0.443. The Labute approximate surface area is 171 Å². The molecular formula is C25H26N2O2. The minimum Gasteiger partial charge on any atom is -0.507 e. The second-order valence-corrected chi connectivity index (χ2v) is 7.66. The van der Waals surface area contributed by atoms with E-state index < -0.39 is 5.91 Å². The van der Waals surface area contributed by atoms with Crippen LogP contribution in [-0.4, -0.2) is 16.7 Å². The molecule has 29 heavy (non-hydrogen) atoms. The van der Waals surface area contributed by atoms with Crippen LogP contribution in [0.2, 0.25) is 0 Å². The number of carbonyl (C=O) groups excluding carboxylic acids is 1. The van der Waals surface area contributed by atoms with Crippen LogP contribution in [0.25, 0.3) is 10.8 Å². The zero-order chi connectivity index (χ0) is 20.2. The molecule has 0 saturated heterocycles. The van der Waals surface area contributed by atoms with E-state index in [0.29, 0.717) is 0 Å².